The highest BCUT2D eigenvalue weighted by atomic mass is 19.4. The summed E-state index contributed by atoms with van der Waals surface area (Å²) in [5, 5.41) is 12.5. The Balaban J connectivity index is 1.22. The second kappa shape index (κ2) is 11.7. The van der Waals surface area contributed by atoms with Gasteiger partial charge in [0.15, 0.2) is 0 Å². The molecule has 1 amide bonds. The minimum atomic E-state index is -4.45. The SMILES string of the molecule is CCN1CCN(CCc2ccc(NC3NC(Nc4ccc(C(F)(F)F)cn4)=CC4C=CNC(=O)C43)cc2)CC1. The van der Waals surface area contributed by atoms with Crippen molar-refractivity contribution < 1.29 is 18.0 Å². The van der Waals surface area contributed by atoms with E-state index in [1.165, 1.54) is 11.6 Å². The molecule has 0 aliphatic carbocycles. The van der Waals surface area contributed by atoms with Gasteiger partial charge in [0.1, 0.15) is 17.8 Å². The summed E-state index contributed by atoms with van der Waals surface area (Å²) in [4.78, 5) is 21.6. The van der Waals surface area contributed by atoms with Gasteiger partial charge in [0, 0.05) is 56.7 Å². The average Bonchev–Trinajstić information content (AvgIpc) is 2.93. The number of pyridine rings is 1. The zero-order valence-electron chi connectivity index (χ0n) is 21.8. The lowest BCUT2D eigenvalue weighted by molar-refractivity contribution is -0.137. The van der Waals surface area contributed by atoms with Crippen LogP contribution in [0.3, 0.4) is 0 Å². The molecule has 3 aliphatic heterocycles. The molecule has 39 heavy (non-hydrogen) atoms. The maximum Gasteiger partial charge on any atom is 0.417 e. The van der Waals surface area contributed by atoms with E-state index in [1.807, 2.05) is 24.3 Å². The van der Waals surface area contributed by atoms with Crippen LogP contribution in [0.1, 0.15) is 18.1 Å². The van der Waals surface area contributed by atoms with Gasteiger partial charge < -0.3 is 31.1 Å². The Morgan fingerprint density at radius 1 is 1.05 bits per heavy atom. The van der Waals surface area contributed by atoms with E-state index < -0.39 is 23.8 Å². The van der Waals surface area contributed by atoms with Crippen molar-refractivity contribution in [2.24, 2.45) is 11.8 Å². The third-order valence-electron chi connectivity index (χ3n) is 7.55. The fourth-order valence-electron chi connectivity index (χ4n) is 5.20. The van der Waals surface area contributed by atoms with Gasteiger partial charge in [-0.2, -0.15) is 13.2 Å². The Labute approximate surface area is 226 Å². The Hall–Kier alpha value is -3.57. The number of hydrogen-bond donors (Lipinski definition) is 4. The van der Waals surface area contributed by atoms with Crippen LogP contribution in [0.15, 0.2) is 66.8 Å². The first-order valence-electron chi connectivity index (χ1n) is 13.3. The first-order chi connectivity index (χ1) is 18.8. The number of likely N-dealkylation sites (N-methyl/N-ethyl adjacent to an activating group) is 1. The number of rotatable bonds is 8. The second-order valence-electron chi connectivity index (χ2n) is 10.1. The molecule has 3 aliphatic rings. The van der Waals surface area contributed by atoms with Crippen LogP contribution in [0.25, 0.3) is 0 Å². The summed E-state index contributed by atoms with van der Waals surface area (Å²) in [6.45, 7) is 8.80. The maximum absolute atomic E-state index is 12.9. The molecular formula is C28H34F3N7O. The van der Waals surface area contributed by atoms with Gasteiger partial charge in [-0.25, -0.2) is 4.98 Å². The highest BCUT2D eigenvalue weighted by Crippen LogP contribution is 2.31. The third-order valence-corrected chi connectivity index (χ3v) is 7.55. The van der Waals surface area contributed by atoms with Gasteiger partial charge in [0.2, 0.25) is 5.91 Å². The topological polar surface area (TPSA) is 84.6 Å². The van der Waals surface area contributed by atoms with Crippen molar-refractivity contribution >= 4 is 17.4 Å². The molecule has 1 aromatic carbocycles. The first-order valence-corrected chi connectivity index (χ1v) is 13.3. The van der Waals surface area contributed by atoms with Crippen LogP contribution in [-0.2, 0) is 17.4 Å². The lowest BCUT2D eigenvalue weighted by Crippen LogP contribution is -2.55. The van der Waals surface area contributed by atoms with E-state index in [1.54, 1.807) is 6.20 Å². The molecular weight excluding hydrogens is 507 g/mol. The van der Waals surface area contributed by atoms with Crippen LogP contribution in [0, 0.1) is 11.8 Å². The van der Waals surface area contributed by atoms with Gasteiger partial charge >= 0.3 is 6.18 Å². The predicted molar refractivity (Wildman–Crippen MR) is 144 cm³/mol. The van der Waals surface area contributed by atoms with Gasteiger partial charge in [0.25, 0.3) is 0 Å². The summed E-state index contributed by atoms with van der Waals surface area (Å²) >= 11 is 0. The highest BCUT2D eigenvalue weighted by molar-refractivity contribution is 5.83. The molecule has 0 radical (unpaired) electrons. The van der Waals surface area contributed by atoms with E-state index in [0.29, 0.717) is 5.82 Å². The van der Waals surface area contributed by atoms with Crippen LogP contribution in [-0.4, -0.2) is 66.1 Å². The lowest BCUT2D eigenvalue weighted by Gasteiger charge is -2.38. The van der Waals surface area contributed by atoms with Crippen LogP contribution in [0.2, 0.25) is 0 Å². The molecule has 0 saturated carbocycles. The Bertz CT molecular complexity index is 1190. The molecule has 208 valence electrons. The number of fused-ring (bicyclic) bond motifs is 1. The Kier molecular flexibility index (Phi) is 8.08. The van der Waals surface area contributed by atoms with Crippen molar-refractivity contribution in [2.75, 3.05) is 49.9 Å². The number of carbonyl (C=O) groups excluding carboxylic acids is 1. The normalized spacial score (nSPS) is 23.8. The number of aromatic nitrogens is 1. The van der Waals surface area contributed by atoms with Crippen LogP contribution in [0.5, 0.6) is 0 Å². The maximum atomic E-state index is 12.9. The van der Waals surface area contributed by atoms with Crippen molar-refractivity contribution in [2.45, 2.75) is 25.7 Å². The molecule has 1 aromatic heterocycles. The molecule has 11 heteroatoms. The molecule has 1 fully saturated rings. The number of hydrogen-bond acceptors (Lipinski definition) is 7. The van der Waals surface area contributed by atoms with E-state index in [9.17, 15) is 18.0 Å². The Morgan fingerprint density at radius 3 is 2.46 bits per heavy atom. The standard InChI is InChI=1S/C28H34F3N7O/c1-2-37-13-15-38(16-14-37)12-10-19-3-6-22(7-4-19)34-26-25-20(9-11-32-27(25)39)17-24(36-26)35-23-8-5-21(18-33-23)28(29,30)31/h3-9,11,17-18,20,25-26,34,36H,2,10,12-16H2,1H3,(H,32,39)(H,33,35). The average molecular weight is 542 g/mol. The van der Waals surface area contributed by atoms with Crippen LogP contribution < -0.4 is 21.3 Å². The third kappa shape index (κ3) is 6.72. The molecule has 4 heterocycles. The smallest absolute Gasteiger partial charge is 0.365 e. The number of halogens is 3. The number of anilines is 2. The number of alkyl halides is 3. The number of piperazine rings is 1. The zero-order chi connectivity index (χ0) is 27.4. The fraction of sp³-hybridized carbons (Fsp3) is 0.429. The molecule has 8 nitrogen and oxygen atoms in total. The van der Waals surface area contributed by atoms with Crippen LogP contribution >= 0.6 is 0 Å². The molecule has 0 bridgehead atoms. The van der Waals surface area contributed by atoms with Crippen molar-refractivity contribution in [1.82, 2.24) is 25.4 Å². The van der Waals surface area contributed by atoms with E-state index in [0.717, 1.165) is 63.6 Å². The number of benzene rings is 1. The minimum absolute atomic E-state index is 0.116. The number of carbonyl (C=O) groups is 1. The number of nitrogens with one attached hydrogen (secondary N) is 4. The minimum Gasteiger partial charge on any atom is -0.365 e. The highest BCUT2D eigenvalue weighted by Gasteiger charge is 2.39. The monoisotopic (exact) mass is 541 g/mol. The van der Waals surface area contributed by atoms with Gasteiger partial charge in [-0.3, -0.25) is 4.79 Å². The molecule has 4 N–H and O–H groups in total. The van der Waals surface area contributed by atoms with E-state index in [4.69, 9.17) is 0 Å². The summed E-state index contributed by atoms with van der Waals surface area (Å²) in [6.07, 6.45) is 2.23. The molecule has 1 saturated heterocycles. The zero-order valence-corrected chi connectivity index (χ0v) is 21.8. The van der Waals surface area contributed by atoms with Crippen molar-refractivity contribution in [3.63, 3.8) is 0 Å². The molecule has 2 aromatic rings. The summed E-state index contributed by atoms with van der Waals surface area (Å²) < 4.78 is 38.7. The number of amides is 1. The summed E-state index contributed by atoms with van der Waals surface area (Å²) in [6, 6.07) is 10.5. The first kappa shape index (κ1) is 27.0. The van der Waals surface area contributed by atoms with E-state index >= 15 is 0 Å². The van der Waals surface area contributed by atoms with E-state index in [2.05, 4.69) is 55.1 Å². The van der Waals surface area contributed by atoms with Crippen molar-refractivity contribution in [1.29, 1.82) is 0 Å². The van der Waals surface area contributed by atoms with Gasteiger partial charge in [0.05, 0.1) is 11.5 Å². The van der Waals surface area contributed by atoms with Crippen molar-refractivity contribution in [3.8, 4) is 0 Å². The molecule has 0 spiro atoms. The van der Waals surface area contributed by atoms with Crippen LogP contribution in [0.4, 0.5) is 24.7 Å². The summed E-state index contributed by atoms with van der Waals surface area (Å²) in [7, 11) is 0. The summed E-state index contributed by atoms with van der Waals surface area (Å²) in [5.41, 5.74) is 1.30. The van der Waals surface area contributed by atoms with Crippen molar-refractivity contribution in [3.05, 3.63) is 77.9 Å². The predicted octanol–water partition coefficient (Wildman–Crippen LogP) is 3.45. The largest absolute Gasteiger partial charge is 0.417 e. The molecule has 3 unspecified atom stereocenters. The van der Waals surface area contributed by atoms with Gasteiger partial charge in [-0.15, -0.1) is 0 Å². The molecule has 5 rings (SSSR count). The summed E-state index contributed by atoms with van der Waals surface area (Å²) in [5.74, 6) is 0.0866. The number of nitrogens with zero attached hydrogens (tertiary/aromatic N) is 3. The fourth-order valence-corrected chi connectivity index (χ4v) is 5.20. The number of allylic oxidation sites excluding steroid dienone is 2. The lowest BCUT2D eigenvalue weighted by atomic mass is 9.84. The van der Waals surface area contributed by atoms with Gasteiger partial charge in [-0.1, -0.05) is 25.1 Å². The van der Waals surface area contributed by atoms with E-state index in [-0.39, 0.29) is 17.6 Å². The second-order valence-corrected chi connectivity index (χ2v) is 10.1. The Morgan fingerprint density at radius 2 is 1.79 bits per heavy atom. The quantitative estimate of drug-likeness (QED) is 0.408. The van der Waals surface area contributed by atoms with Gasteiger partial charge in [-0.05, 0) is 48.9 Å². The molecule has 3 atom stereocenters.